The molecule has 7 heteroatoms. The lowest BCUT2D eigenvalue weighted by Crippen LogP contribution is -2.33. The minimum Gasteiger partial charge on any atom is -0.349 e. The molecule has 1 saturated carbocycles. The average Bonchev–Trinajstić information content (AvgIpc) is 3.13. The van der Waals surface area contributed by atoms with Crippen molar-refractivity contribution >= 4 is 21.5 Å². The van der Waals surface area contributed by atoms with Gasteiger partial charge in [-0.15, -0.1) is 0 Å². The highest BCUT2D eigenvalue weighted by Gasteiger charge is 2.35. The highest BCUT2D eigenvalue weighted by Crippen LogP contribution is 2.35. The molecule has 27 heavy (non-hydrogen) atoms. The third-order valence-electron chi connectivity index (χ3n) is 5.15. The van der Waals surface area contributed by atoms with Gasteiger partial charge in [-0.3, -0.25) is 9.59 Å². The van der Waals surface area contributed by atoms with E-state index in [1.165, 1.54) is 30.3 Å². The van der Waals surface area contributed by atoms with Crippen LogP contribution in [0.2, 0.25) is 0 Å². The third-order valence-corrected chi connectivity index (χ3v) is 7.00. The maximum atomic E-state index is 12.9. The molecule has 2 atom stereocenters. The number of rotatable bonds is 2. The molecule has 1 aliphatic carbocycles. The second-order valence-electron chi connectivity index (χ2n) is 6.85. The molecular formula is C20H16N2O4S. The van der Waals surface area contributed by atoms with Crippen LogP contribution in [0.3, 0.4) is 0 Å². The van der Waals surface area contributed by atoms with E-state index in [4.69, 9.17) is 5.26 Å². The normalized spacial score (nSPS) is 22.4. The van der Waals surface area contributed by atoms with E-state index in [1.54, 1.807) is 12.1 Å². The summed E-state index contributed by atoms with van der Waals surface area (Å²) in [5.41, 5.74) is 0.413. The van der Waals surface area contributed by atoms with Gasteiger partial charge in [0.2, 0.25) is 9.84 Å². The van der Waals surface area contributed by atoms with Crippen LogP contribution in [0.4, 0.5) is 0 Å². The molecule has 4 rings (SSSR count). The van der Waals surface area contributed by atoms with Crippen LogP contribution in [0.5, 0.6) is 0 Å². The Morgan fingerprint density at radius 3 is 2.56 bits per heavy atom. The van der Waals surface area contributed by atoms with Crippen LogP contribution in [-0.2, 0) is 9.84 Å². The lowest BCUT2D eigenvalue weighted by atomic mass is 10.0. The first kappa shape index (κ1) is 17.4. The zero-order chi connectivity index (χ0) is 19.2. The molecule has 1 fully saturated rings. The van der Waals surface area contributed by atoms with Crippen molar-refractivity contribution in [1.29, 1.82) is 5.26 Å². The summed E-state index contributed by atoms with van der Waals surface area (Å²) in [6.07, 6.45) is 2.06. The molecule has 1 heterocycles. The van der Waals surface area contributed by atoms with E-state index in [0.717, 1.165) is 12.8 Å². The molecule has 1 N–H and O–H groups in total. The zero-order valence-electron chi connectivity index (χ0n) is 14.3. The van der Waals surface area contributed by atoms with Crippen molar-refractivity contribution in [2.24, 2.45) is 5.92 Å². The molecule has 2 aromatic carbocycles. The first-order chi connectivity index (χ1) is 12.9. The van der Waals surface area contributed by atoms with Gasteiger partial charge in [0, 0.05) is 28.7 Å². The molecule has 2 unspecified atom stereocenters. The summed E-state index contributed by atoms with van der Waals surface area (Å²) in [5.74, 6) is -0.828. The Morgan fingerprint density at radius 2 is 1.81 bits per heavy atom. The minimum absolute atomic E-state index is 0.0345. The van der Waals surface area contributed by atoms with Crippen molar-refractivity contribution in [3.8, 4) is 6.07 Å². The number of nitrogens with zero attached hydrogens (tertiary/aromatic N) is 1. The summed E-state index contributed by atoms with van der Waals surface area (Å²) in [6.45, 7) is 0. The molecule has 0 bridgehead atoms. The Morgan fingerprint density at radius 1 is 1.07 bits per heavy atom. The SMILES string of the molecule is N#CC1CCC(NC(=O)c2ccc3c(c2)S(=O)(=O)c2ccccc2C3=O)C1. The maximum absolute atomic E-state index is 12.9. The average molecular weight is 380 g/mol. The number of ketones is 1. The summed E-state index contributed by atoms with van der Waals surface area (Å²) in [5, 5.41) is 11.8. The fourth-order valence-electron chi connectivity index (χ4n) is 3.72. The highest BCUT2D eigenvalue weighted by molar-refractivity contribution is 7.91. The van der Waals surface area contributed by atoms with Gasteiger partial charge in [0.15, 0.2) is 5.78 Å². The van der Waals surface area contributed by atoms with Gasteiger partial charge in [-0.05, 0) is 49.6 Å². The van der Waals surface area contributed by atoms with Gasteiger partial charge in [0.25, 0.3) is 5.91 Å². The lowest BCUT2D eigenvalue weighted by molar-refractivity contribution is 0.0935. The highest BCUT2D eigenvalue weighted by atomic mass is 32.2. The number of sulfone groups is 1. The summed E-state index contributed by atoms with van der Waals surface area (Å²) in [4.78, 5) is 25.0. The molecule has 0 radical (unpaired) electrons. The van der Waals surface area contributed by atoms with Crippen LogP contribution in [-0.4, -0.2) is 26.2 Å². The Labute approximate surface area is 156 Å². The Kier molecular flexibility index (Phi) is 4.08. The van der Waals surface area contributed by atoms with Gasteiger partial charge in [-0.25, -0.2) is 8.42 Å². The molecule has 1 aliphatic heterocycles. The van der Waals surface area contributed by atoms with Crippen LogP contribution in [0.15, 0.2) is 52.3 Å². The van der Waals surface area contributed by atoms with Crippen LogP contribution in [0, 0.1) is 17.2 Å². The topological polar surface area (TPSA) is 104 Å². The lowest BCUT2D eigenvalue weighted by Gasteiger charge is -2.19. The van der Waals surface area contributed by atoms with Gasteiger partial charge in [0.05, 0.1) is 15.9 Å². The number of fused-ring (bicyclic) bond motifs is 2. The van der Waals surface area contributed by atoms with E-state index in [9.17, 15) is 18.0 Å². The van der Waals surface area contributed by atoms with Crippen molar-refractivity contribution in [2.75, 3.05) is 0 Å². The first-order valence-corrected chi connectivity index (χ1v) is 10.1. The standard InChI is InChI=1S/C20H16N2O4S/c21-11-12-5-7-14(9-12)22-20(24)13-6-8-16-18(10-13)27(25,26)17-4-2-1-3-15(17)19(16)23/h1-4,6,8,10,12,14H,5,7,9H2,(H,22,24). The van der Waals surface area contributed by atoms with Crippen LogP contribution in [0.1, 0.15) is 45.5 Å². The van der Waals surface area contributed by atoms with Gasteiger partial charge in [-0.2, -0.15) is 5.26 Å². The van der Waals surface area contributed by atoms with Crippen molar-refractivity contribution in [2.45, 2.75) is 35.1 Å². The van der Waals surface area contributed by atoms with E-state index >= 15 is 0 Å². The van der Waals surface area contributed by atoms with Crippen LogP contribution in [0.25, 0.3) is 0 Å². The van der Waals surface area contributed by atoms with Crippen molar-refractivity contribution in [3.63, 3.8) is 0 Å². The number of nitrogens with one attached hydrogen (secondary N) is 1. The van der Waals surface area contributed by atoms with Crippen molar-refractivity contribution < 1.29 is 18.0 Å². The molecule has 0 spiro atoms. The number of nitriles is 1. The van der Waals surface area contributed by atoms with Crippen LogP contribution >= 0.6 is 0 Å². The smallest absolute Gasteiger partial charge is 0.251 e. The molecule has 0 saturated heterocycles. The predicted octanol–water partition coefficient (Wildman–Crippen LogP) is 2.49. The number of carbonyl (C=O) groups excluding carboxylic acids is 2. The Balaban J connectivity index is 1.68. The fraction of sp³-hybridized carbons (Fsp3) is 0.250. The first-order valence-electron chi connectivity index (χ1n) is 8.65. The number of carbonyl (C=O) groups is 2. The van der Waals surface area contributed by atoms with E-state index in [-0.39, 0.29) is 44.2 Å². The van der Waals surface area contributed by atoms with Crippen molar-refractivity contribution in [1.82, 2.24) is 5.32 Å². The molecule has 1 amide bonds. The quantitative estimate of drug-likeness (QED) is 0.735. The second-order valence-corrected chi connectivity index (χ2v) is 8.74. The minimum atomic E-state index is -3.87. The maximum Gasteiger partial charge on any atom is 0.251 e. The van der Waals surface area contributed by atoms with E-state index in [1.807, 2.05) is 0 Å². The molecule has 0 aromatic heterocycles. The molecular weight excluding hydrogens is 364 g/mol. The second kappa shape index (κ2) is 6.32. The fourth-order valence-corrected chi connectivity index (χ4v) is 5.40. The third kappa shape index (κ3) is 2.82. The summed E-state index contributed by atoms with van der Waals surface area (Å²) >= 11 is 0. The van der Waals surface area contributed by atoms with Crippen molar-refractivity contribution in [3.05, 3.63) is 59.2 Å². The van der Waals surface area contributed by atoms with E-state index < -0.39 is 15.7 Å². The number of benzene rings is 2. The number of hydrogen-bond donors (Lipinski definition) is 1. The van der Waals surface area contributed by atoms with Gasteiger partial charge in [-0.1, -0.05) is 12.1 Å². The largest absolute Gasteiger partial charge is 0.349 e. The molecule has 2 aliphatic rings. The van der Waals surface area contributed by atoms with Crippen LogP contribution < -0.4 is 5.32 Å². The zero-order valence-corrected chi connectivity index (χ0v) is 15.1. The number of hydrogen-bond acceptors (Lipinski definition) is 5. The Hall–Kier alpha value is -2.98. The molecule has 6 nitrogen and oxygen atoms in total. The van der Waals surface area contributed by atoms with E-state index in [2.05, 4.69) is 11.4 Å². The number of amides is 1. The van der Waals surface area contributed by atoms with Gasteiger partial charge >= 0.3 is 0 Å². The summed E-state index contributed by atoms with van der Waals surface area (Å²) in [6, 6.07) is 12.3. The molecule has 2 aromatic rings. The van der Waals surface area contributed by atoms with Gasteiger partial charge < -0.3 is 5.32 Å². The van der Waals surface area contributed by atoms with E-state index in [0.29, 0.717) is 6.42 Å². The van der Waals surface area contributed by atoms with Gasteiger partial charge in [0.1, 0.15) is 0 Å². The summed E-state index contributed by atoms with van der Waals surface area (Å²) in [7, 11) is -3.87. The summed E-state index contributed by atoms with van der Waals surface area (Å²) < 4.78 is 25.8. The monoisotopic (exact) mass is 380 g/mol. The molecule has 136 valence electrons. The Bertz CT molecular complexity index is 1120. The predicted molar refractivity (Wildman–Crippen MR) is 96.0 cm³/mol.